The minimum Gasteiger partial charge on any atom is -0.461 e. The van der Waals surface area contributed by atoms with Crippen LogP contribution in [0.15, 0.2) is 140 Å². The van der Waals surface area contributed by atoms with Gasteiger partial charge in [-0.25, -0.2) is 9.59 Å². The van der Waals surface area contributed by atoms with Crippen LogP contribution in [-0.4, -0.2) is 119 Å². The first-order valence-electron chi connectivity index (χ1n) is 33.8. The summed E-state index contributed by atoms with van der Waals surface area (Å²) in [5.74, 6) is -3.56. The second-order valence-corrected chi connectivity index (χ2v) is 27.8. The molecule has 2 saturated heterocycles. The summed E-state index contributed by atoms with van der Waals surface area (Å²) in [4.78, 5) is 108. The van der Waals surface area contributed by atoms with Crippen molar-refractivity contribution in [3.05, 3.63) is 167 Å². The van der Waals surface area contributed by atoms with Crippen molar-refractivity contribution in [3.63, 3.8) is 0 Å². The minimum absolute atomic E-state index is 0.0103. The predicted molar refractivity (Wildman–Crippen MR) is 357 cm³/mol. The van der Waals surface area contributed by atoms with E-state index in [1.807, 2.05) is 120 Å². The number of hydrogen-bond acceptors (Lipinski definition) is 10. The van der Waals surface area contributed by atoms with E-state index in [1.54, 1.807) is 9.80 Å². The number of hydrogen-bond donors (Lipinski definition) is 4. The zero-order valence-corrected chi connectivity index (χ0v) is 54.8. The Bertz CT molecular complexity index is 3170. The third-order valence-electron chi connectivity index (χ3n) is 20.1. The van der Waals surface area contributed by atoms with Crippen LogP contribution in [0.5, 0.6) is 0 Å². The Morgan fingerprint density at radius 2 is 1.12 bits per heavy atom. The quantitative estimate of drug-likeness (QED) is 0.0323. The molecule has 3 aliphatic carbocycles. The first-order valence-corrected chi connectivity index (χ1v) is 34.8. The average molecular weight is 1260 g/mol. The Hall–Kier alpha value is -7.46. The molecule has 0 unspecified atom stereocenters. The molecular weight excluding hydrogens is 1160 g/mol. The zero-order chi connectivity index (χ0) is 64.2. The highest BCUT2D eigenvalue weighted by molar-refractivity contribution is 8.00. The van der Waals surface area contributed by atoms with Crippen LogP contribution < -0.4 is 21.3 Å². The first-order chi connectivity index (χ1) is 44.1. The maximum absolute atomic E-state index is 15.5. The molecule has 4 N–H and O–H groups in total. The monoisotopic (exact) mass is 1250 g/mol. The molecule has 5 aromatic carbocycles. The summed E-state index contributed by atoms with van der Waals surface area (Å²) < 4.78 is 11.2. The van der Waals surface area contributed by atoms with Crippen LogP contribution in [0.1, 0.15) is 172 Å². The summed E-state index contributed by atoms with van der Waals surface area (Å²) in [5.41, 5.74) is 7.25. The molecule has 5 aliphatic rings. The molecule has 2 aliphatic heterocycles. The normalized spacial score (nSPS) is 21.0. The van der Waals surface area contributed by atoms with E-state index in [4.69, 9.17) is 9.47 Å². The molecule has 2 heterocycles. The third-order valence-corrected chi connectivity index (χ3v) is 21.8. The Kier molecular flexibility index (Phi) is 22.5. The van der Waals surface area contributed by atoms with Crippen LogP contribution in [0.2, 0.25) is 0 Å². The fourth-order valence-corrected chi connectivity index (χ4v) is 16.4. The molecule has 16 heteroatoms. The third kappa shape index (κ3) is 15.1. The summed E-state index contributed by atoms with van der Waals surface area (Å²) in [5, 5.41) is 12.3. The molecule has 10 atom stereocenters. The second kappa shape index (κ2) is 30.8. The Balaban J connectivity index is 0.896. The van der Waals surface area contributed by atoms with Crippen LogP contribution in [0.25, 0.3) is 11.1 Å². The lowest BCUT2D eigenvalue weighted by Gasteiger charge is -2.38. The van der Waals surface area contributed by atoms with Crippen molar-refractivity contribution in [3.8, 4) is 11.1 Å². The molecule has 15 nitrogen and oxygen atoms in total. The number of nitrogens with zero attached hydrogens (tertiary/aromatic N) is 2. The maximum Gasteiger partial charge on any atom is 0.407 e. The number of thioether (sulfide) groups is 1. The van der Waals surface area contributed by atoms with Gasteiger partial charge in [0.25, 0.3) is 0 Å². The van der Waals surface area contributed by atoms with Gasteiger partial charge in [0.1, 0.15) is 49.0 Å². The number of likely N-dealkylation sites (tertiary alicyclic amines) is 2. The van der Waals surface area contributed by atoms with Gasteiger partial charge in [-0.15, -0.1) is 11.8 Å². The topological polar surface area (TPSA) is 193 Å². The van der Waals surface area contributed by atoms with Crippen molar-refractivity contribution >= 4 is 53.4 Å². The highest BCUT2D eigenvalue weighted by atomic mass is 32.2. The van der Waals surface area contributed by atoms with Crippen LogP contribution >= 0.6 is 11.8 Å². The van der Waals surface area contributed by atoms with E-state index in [0.717, 1.165) is 90.3 Å². The molecule has 10 rings (SSSR count). The molecule has 0 spiro atoms. The molecule has 484 valence electrons. The summed E-state index contributed by atoms with van der Waals surface area (Å²) in [7, 11) is 0. The van der Waals surface area contributed by atoms with Crippen LogP contribution in [0.4, 0.5) is 4.79 Å². The molecule has 2 saturated carbocycles. The molecule has 6 amide bonds. The smallest absolute Gasteiger partial charge is 0.407 e. The van der Waals surface area contributed by atoms with Crippen LogP contribution in [-0.2, 0) is 43.0 Å². The van der Waals surface area contributed by atoms with Gasteiger partial charge in [-0.05, 0) is 127 Å². The van der Waals surface area contributed by atoms with E-state index in [2.05, 4.69) is 81.9 Å². The van der Waals surface area contributed by atoms with Crippen molar-refractivity contribution in [1.82, 2.24) is 31.1 Å². The molecular formula is C75H94N6O9S. The SMILES string of the molecule is CC[C@H](C)[C@H](NC(=O)[C@@H]1C[C@@H]2CCCC[C@@H]2N1C(=O)[C@@H]1CCCN1C(=O)[C@H](CC(C)C)NC(=O)OCC1c2ccccc2-c2ccccc21)C(=O)N[C@@H](CSC(c1ccccc1)(c1ccccc1)c1ccccc1)C(=O)N[C@H](C(=O)OC1CCCCC1)[C@@H](C)CC. The number of carbonyl (C=O) groups excluding carboxylic acids is 7. The van der Waals surface area contributed by atoms with Crippen LogP contribution in [0.3, 0.4) is 0 Å². The summed E-state index contributed by atoms with van der Waals surface area (Å²) in [6, 6.07) is 40.1. The minimum atomic E-state index is -1.22. The van der Waals surface area contributed by atoms with E-state index in [1.165, 1.54) is 11.8 Å². The summed E-state index contributed by atoms with van der Waals surface area (Å²) >= 11 is 1.51. The van der Waals surface area contributed by atoms with Crippen molar-refractivity contribution in [2.45, 2.75) is 197 Å². The first kappa shape index (κ1) is 66.5. The summed E-state index contributed by atoms with van der Waals surface area (Å²) in [6.07, 6.45) is 9.71. The van der Waals surface area contributed by atoms with Gasteiger partial charge in [0, 0.05) is 24.3 Å². The van der Waals surface area contributed by atoms with Crippen molar-refractivity contribution in [2.24, 2.45) is 23.7 Å². The van der Waals surface area contributed by atoms with Gasteiger partial charge in [-0.1, -0.05) is 213 Å². The Morgan fingerprint density at radius 3 is 1.70 bits per heavy atom. The summed E-state index contributed by atoms with van der Waals surface area (Å²) in [6.45, 7) is 12.1. The largest absolute Gasteiger partial charge is 0.461 e. The number of nitrogens with one attached hydrogen (secondary N) is 4. The molecule has 0 radical (unpaired) electrons. The number of ether oxygens (including phenoxy) is 2. The van der Waals surface area contributed by atoms with Gasteiger partial charge in [0.15, 0.2) is 0 Å². The number of amides is 6. The molecule has 5 aromatic rings. The second-order valence-electron chi connectivity index (χ2n) is 26.5. The number of benzene rings is 5. The highest BCUT2D eigenvalue weighted by Crippen LogP contribution is 2.49. The van der Waals surface area contributed by atoms with E-state index >= 15 is 19.2 Å². The highest BCUT2D eigenvalue weighted by Gasteiger charge is 2.52. The number of rotatable bonds is 25. The van der Waals surface area contributed by atoms with Gasteiger partial charge in [0.2, 0.25) is 29.5 Å². The standard InChI is InChI=1S/C75H94N6O9S/c1-7-49(5)66(70(84)76-62(68(82)79-67(50(6)8-2)73(87)90-55-35-19-12-20-36-55)47-91-75(52-29-13-9-14-30-52,53-31-15-10-16-32-53)54-33-17-11-18-34-54)78-69(83)65-45-51-28-21-26-41-63(51)81(65)72(86)64-42-27-43-80(64)71(85)61(44-48(3)4)77-74(88)89-46-60-58-39-24-22-37-56(58)57-38-23-25-40-59(57)60/h9-11,13-18,22-25,29-34,37-40,48-51,55,60-67H,7-8,12,19-21,26-28,35-36,41-47H2,1-6H3,(H,76,84)(H,77,88)(H,78,83)(H,79,82)/t49-,50-,51-,61-,62-,63-,64-,65-,66-,67-/m0/s1. The van der Waals surface area contributed by atoms with E-state index in [0.29, 0.717) is 51.5 Å². The number of alkyl carbamates (subject to hydrolysis) is 1. The van der Waals surface area contributed by atoms with Crippen molar-refractivity contribution in [1.29, 1.82) is 0 Å². The fourth-order valence-electron chi connectivity index (χ4n) is 14.9. The van der Waals surface area contributed by atoms with E-state index in [-0.39, 0.29) is 60.0 Å². The van der Waals surface area contributed by atoms with Gasteiger partial charge >= 0.3 is 12.1 Å². The van der Waals surface area contributed by atoms with Gasteiger partial charge in [-0.3, -0.25) is 24.0 Å². The van der Waals surface area contributed by atoms with Gasteiger partial charge < -0.3 is 40.5 Å². The van der Waals surface area contributed by atoms with E-state index < -0.39 is 76.7 Å². The van der Waals surface area contributed by atoms with Crippen molar-refractivity contribution < 1.29 is 43.0 Å². The average Bonchev–Trinajstić information content (AvgIpc) is 1.81. The maximum atomic E-state index is 15.5. The Morgan fingerprint density at radius 1 is 0.571 bits per heavy atom. The number of esters is 1. The van der Waals surface area contributed by atoms with Crippen LogP contribution in [0, 0.1) is 23.7 Å². The molecule has 0 aromatic heterocycles. The predicted octanol–water partition coefficient (Wildman–Crippen LogP) is 12.2. The molecule has 0 bridgehead atoms. The van der Waals surface area contributed by atoms with Crippen molar-refractivity contribution in [2.75, 3.05) is 18.9 Å². The van der Waals surface area contributed by atoms with Gasteiger partial charge in [0.05, 0.1) is 4.75 Å². The molecule has 91 heavy (non-hydrogen) atoms. The zero-order valence-electron chi connectivity index (χ0n) is 54.0. The number of fused-ring (bicyclic) bond motifs is 4. The number of carbonyl (C=O) groups is 7. The fraction of sp³-hybridized carbons (Fsp3) is 0.507. The van der Waals surface area contributed by atoms with Gasteiger partial charge in [-0.2, -0.15) is 0 Å². The molecule has 4 fully saturated rings. The van der Waals surface area contributed by atoms with E-state index in [9.17, 15) is 14.4 Å². The lowest BCUT2D eigenvalue weighted by atomic mass is 9.84. The lowest BCUT2D eigenvalue weighted by molar-refractivity contribution is -0.156. The lowest BCUT2D eigenvalue weighted by Crippen LogP contribution is -2.61. The Labute approximate surface area is 542 Å².